The third kappa shape index (κ3) is 11.8. The van der Waals surface area contributed by atoms with Crippen molar-refractivity contribution in [3.8, 4) is 0 Å². The Morgan fingerprint density at radius 2 is 1.39 bits per heavy atom. The minimum Gasteiger partial charge on any atom is -0.671 e. The van der Waals surface area contributed by atoms with E-state index in [1.807, 2.05) is 0 Å². The van der Waals surface area contributed by atoms with Crippen molar-refractivity contribution in [3.63, 3.8) is 0 Å². The molecule has 0 aliphatic heterocycles. The first-order chi connectivity index (χ1) is 7.86. The molecule has 1 fully saturated rings. The Balaban J connectivity index is 0. The van der Waals surface area contributed by atoms with Gasteiger partial charge in [0.2, 0.25) is 0 Å². The Morgan fingerprint density at radius 3 is 1.72 bits per heavy atom. The second kappa shape index (κ2) is 10.2. The van der Waals surface area contributed by atoms with E-state index in [0.717, 1.165) is 25.7 Å². The molecule has 0 bridgehead atoms. The minimum atomic E-state index is -1.08. The molecule has 0 atom stereocenters. The van der Waals surface area contributed by atoms with Gasteiger partial charge in [-0.3, -0.25) is 16.5 Å². The van der Waals surface area contributed by atoms with Crippen molar-refractivity contribution in [1.29, 1.82) is 0 Å². The number of carbonyl (C=O) groups is 2. The first-order valence-electron chi connectivity index (χ1n) is 5.87. The summed E-state index contributed by atoms with van der Waals surface area (Å²) in [4.78, 5) is 19.4. The number of carboxylic acids is 2. The average molecular weight is 307 g/mol. The quantitative estimate of drug-likeness (QED) is 0.605. The molecule has 1 aliphatic rings. The van der Waals surface area contributed by atoms with E-state index in [2.05, 4.69) is 6.92 Å². The maximum absolute atomic E-state index is 10.6. The predicted molar refractivity (Wildman–Crippen MR) is 64.6 cm³/mol. The summed E-state index contributed by atoms with van der Waals surface area (Å²) in [6.45, 7) is 2.56. The van der Waals surface area contributed by atoms with E-state index >= 15 is 0 Å². The molecule has 1 radical (unpaired) electrons. The SMILES string of the molecule is [CH2-]C(=O)O.[Cu+2].[NH-]C1(CC(=O)O)CCCCCCC1. The molecule has 0 aromatic rings. The topological polar surface area (TPSA) is 98.4 Å². The summed E-state index contributed by atoms with van der Waals surface area (Å²) < 4.78 is 0. The molecule has 0 aromatic carbocycles. The van der Waals surface area contributed by atoms with Crippen molar-refractivity contribution < 1.29 is 36.9 Å². The molecule has 5 nitrogen and oxygen atoms in total. The average Bonchev–Trinajstić information content (AvgIpc) is 2.10. The van der Waals surface area contributed by atoms with Gasteiger partial charge < -0.3 is 15.9 Å². The van der Waals surface area contributed by atoms with Crippen LogP contribution >= 0.6 is 0 Å². The molecule has 0 spiro atoms. The summed E-state index contributed by atoms with van der Waals surface area (Å²) in [6, 6.07) is 0. The van der Waals surface area contributed by atoms with Crippen LogP contribution in [0, 0.1) is 6.92 Å². The van der Waals surface area contributed by atoms with Gasteiger partial charge in [-0.05, 0) is 0 Å². The van der Waals surface area contributed by atoms with Gasteiger partial charge in [0, 0.05) is 6.42 Å². The van der Waals surface area contributed by atoms with E-state index in [1.54, 1.807) is 0 Å². The van der Waals surface area contributed by atoms with Crippen LogP contribution in [0.3, 0.4) is 0 Å². The number of nitrogens with one attached hydrogen (secondary N) is 1. The van der Waals surface area contributed by atoms with E-state index < -0.39 is 17.5 Å². The van der Waals surface area contributed by atoms with Crippen molar-refractivity contribution in [2.24, 2.45) is 0 Å². The van der Waals surface area contributed by atoms with Crippen LogP contribution in [0.1, 0.15) is 51.4 Å². The number of hydrogen-bond donors (Lipinski definition) is 2. The van der Waals surface area contributed by atoms with E-state index in [1.165, 1.54) is 19.3 Å². The predicted octanol–water partition coefficient (Wildman–Crippen LogP) is 2.90. The van der Waals surface area contributed by atoms with Crippen LogP contribution in [0.5, 0.6) is 0 Å². The van der Waals surface area contributed by atoms with Gasteiger partial charge >= 0.3 is 23.0 Å². The second-order valence-electron chi connectivity index (χ2n) is 4.51. The monoisotopic (exact) mass is 306 g/mol. The molecule has 0 heterocycles. The van der Waals surface area contributed by atoms with Crippen LogP contribution in [0.15, 0.2) is 0 Å². The summed E-state index contributed by atoms with van der Waals surface area (Å²) in [5.74, 6) is -1.91. The fourth-order valence-corrected chi connectivity index (χ4v) is 2.05. The van der Waals surface area contributed by atoms with Crippen molar-refractivity contribution in [2.45, 2.75) is 56.9 Å². The Bertz CT molecular complexity index is 246. The first-order valence-corrected chi connectivity index (χ1v) is 5.87. The zero-order valence-corrected chi connectivity index (χ0v) is 11.3. The molecule has 0 unspecified atom stereocenters. The molecule has 3 N–H and O–H groups in total. The summed E-state index contributed by atoms with van der Waals surface area (Å²) in [5, 5.41) is 16.0. The Hall–Kier alpha value is -0.711. The first kappa shape index (κ1) is 19.6. The van der Waals surface area contributed by atoms with Gasteiger partial charge in [0.25, 0.3) is 0 Å². The van der Waals surface area contributed by atoms with E-state index in [0.29, 0.717) is 0 Å². The van der Waals surface area contributed by atoms with Crippen LogP contribution in [0.4, 0.5) is 0 Å². The number of aliphatic carboxylic acids is 2. The Labute approximate surface area is 119 Å². The molecule has 0 aromatic heterocycles. The summed E-state index contributed by atoms with van der Waals surface area (Å²) in [7, 11) is 0. The Kier molecular flexibility index (Phi) is 11.2. The van der Waals surface area contributed by atoms with Gasteiger partial charge in [-0.1, -0.05) is 44.9 Å². The van der Waals surface area contributed by atoms with Gasteiger partial charge in [0.15, 0.2) is 5.97 Å². The number of hydrogen-bond acceptors (Lipinski definition) is 2. The third-order valence-corrected chi connectivity index (χ3v) is 2.80. The molecule has 0 saturated heterocycles. The minimum absolute atomic E-state index is 0. The fraction of sp³-hybridized carbons (Fsp3) is 0.750. The molecule has 18 heavy (non-hydrogen) atoms. The van der Waals surface area contributed by atoms with Crippen molar-refractivity contribution >= 4 is 11.9 Å². The summed E-state index contributed by atoms with van der Waals surface area (Å²) in [5.41, 5.74) is 7.33. The third-order valence-electron chi connectivity index (χ3n) is 2.80. The number of carboxylic acid groups (broad SMARTS) is 2. The van der Waals surface area contributed by atoms with Crippen LogP contribution in [0.2, 0.25) is 0 Å². The van der Waals surface area contributed by atoms with Gasteiger partial charge in [0.05, 0.1) is 0 Å². The molecule has 109 valence electrons. The molecule has 1 aliphatic carbocycles. The van der Waals surface area contributed by atoms with E-state index in [9.17, 15) is 4.79 Å². The molecular formula is C12H21CuNO4. The van der Waals surface area contributed by atoms with E-state index in [4.69, 9.17) is 20.7 Å². The Morgan fingerprint density at radius 1 is 1.06 bits per heavy atom. The normalized spacial score (nSPS) is 18.1. The van der Waals surface area contributed by atoms with Crippen LogP contribution in [-0.4, -0.2) is 27.7 Å². The van der Waals surface area contributed by atoms with Gasteiger partial charge in [-0.2, -0.15) is 0 Å². The maximum Gasteiger partial charge on any atom is 2.00 e. The molecular weight excluding hydrogens is 286 g/mol. The maximum atomic E-state index is 10.6. The fourth-order valence-electron chi connectivity index (χ4n) is 2.05. The molecule has 1 rings (SSSR count). The smallest absolute Gasteiger partial charge is 0.671 e. The van der Waals surface area contributed by atoms with Crippen molar-refractivity contribution in [3.05, 3.63) is 12.7 Å². The summed E-state index contributed by atoms with van der Waals surface area (Å²) >= 11 is 0. The van der Waals surface area contributed by atoms with E-state index in [-0.39, 0.29) is 23.5 Å². The van der Waals surface area contributed by atoms with Crippen LogP contribution in [0.25, 0.3) is 5.73 Å². The largest absolute Gasteiger partial charge is 2.00 e. The zero-order chi connectivity index (χ0) is 13.3. The van der Waals surface area contributed by atoms with Crippen LogP contribution < -0.4 is 0 Å². The van der Waals surface area contributed by atoms with Gasteiger partial charge in [0.1, 0.15) is 0 Å². The van der Waals surface area contributed by atoms with Crippen LogP contribution in [-0.2, 0) is 26.7 Å². The zero-order valence-electron chi connectivity index (χ0n) is 10.4. The molecule has 6 heteroatoms. The van der Waals surface area contributed by atoms with Crippen molar-refractivity contribution in [2.75, 3.05) is 0 Å². The standard InChI is InChI=1S/C10H18NO2.C2H3O2.Cu/c11-10(8-9(12)13)6-4-2-1-3-5-7-10;1-2(3)4;/h11H,1-8H2,(H,12,13);1H2,(H,3,4);/q2*-1;+2. The summed E-state index contributed by atoms with van der Waals surface area (Å²) in [6.07, 6.45) is 7.18. The van der Waals surface area contributed by atoms with Gasteiger partial charge in [-0.25, -0.2) is 0 Å². The molecule has 0 amide bonds. The second-order valence-corrected chi connectivity index (χ2v) is 4.51. The van der Waals surface area contributed by atoms with Gasteiger partial charge in [-0.15, -0.1) is 5.54 Å². The van der Waals surface area contributed by atoms with Crippen molar-refractivity contribution in [1.82, 2.24) is 0 Å². The number of rotatable bonds is 2. The molecule has 1 saturated carbocycles.